The minimum atomic E-state index is -0.729. The predicted octanol–water partition coefficient (Wildman–Crippen LogP) is 0.899. The summed E-state index contributed by atoms with van der Waals surface area (Å²) in [5, 5.41) is 74.7. The maximum atomic E-state index is 12.5. The number of aliphatic imine (C=N–C) groups is 6. The van der Waals surface area contributed by atoms with Gasteiger partial charge in [-0.2, -0.15) is 0 Å². The van der Waals surface area contributed by atoms with Crippen LogP contribution in [0.5, 0.6) is 34.5 Å². The first kappa shape index (κ1) is 32.4. The van der Waals surface area contributed by atoms with Crippen LogP contribution in [0.3, 0.4) is 0 Å². The third-order valence-electron chi connectivity index (χ3n) is 6.62. The van der Waals surface area contributed by atoms with E-state index in [1.807, 2.05) is 0 Å². The highest BCUT2D eigenvalue weighted by Gasteiger charge is 1.99. The highest BCUT2D eigenvalue weighted by molar-refractivity contribution is 5.92. The molecule has 0 saturated carbocycles. The smallest absolute Gasteiger partial charge is 0.0541 e. The number of hydrogen-bond donors (Lipinski definition) is 0. The minimum absolute atomic E-state index is 0.0264. The molecule has 4 heterocycles. The lowest BCUT2D eigenvalue weighted by molar-refractivity contribution is -0.317. The Bertz CT molecular complexity index is 1350. The van der Waals surface area contributed by atoms with Crippen LogP contribution in [-0.4, -0.2) is 70.0 Å². The van der Waals surface area contributed by atoms with Crippen molar-refractivity contribution >= 4 is 43.0 Å². The fourth-order valence-electron chi connectivity index (χ4n) is 4.12. The van der Waals surface area contributed by atoms with Crippen molar-refractivity contribution in [2.24, 2.45) is 30.0 Å². The molecular weight excluding hydrogens is 576 g/mol. The molecule has 4 aliphatic heterocycles. The van der Waals surface area contributed by atoms with Crippen molar-refractivity contribution in [3.05, 3.63) is 64.2 Å². The van der Waals surface area contributed by atoms with Crippen LogP contribution in [0.4, 0.5) is 5.69 Å². The Balaban J connectivity index is 1.49. The molecule has 3 aromatic rings. The molecule has 0 aromatic heterocycles. The van der Waals surface area contributed by atoms with Gasteiger partial charge in [0.25, 0.3) is 0 Å². The highest BCUT2D eigenvalue weighted by atomic mass is 16.3. The molecule has 0 unspecified atom stereocenters. The Hall–Kier alpha value is -5.52. The average molecular weight is 607 g/mol. The van der Waals surface area contributed by atoms with E-state index in [0.29, 0.717) is 58.4 Å². The van der Waals surface area contributed by atoms with E-state index in [1.165, 1.54) is 73.7 Å². The van der Waals surface area contributed by atoms with Crippen LogP contribution < -0.4 is 30.6 Å². The van der Waals surface area contributed by atoms with Crippen molar-refractivity contribution < 1.29 is 30.6 Å². The van der Waals surface area contributed by atoms with Crippen LogP contribution in [0.2, 0.25) is 0 Å². The zero-order valence-corrected chi connectivity index (χ0v) is 24.4. The monoisotopic (exact) mass is 606 g/mol. The lowest BCUT2D eigenvalue weighted by atomic mass is 10.1. The Morgan fingerprint density at radius 1 is 0.378 bits per heavy atom. The minimum Gasteiger partial charge on any atom is -0.872 e. The summed E-state index contributed by atoms with van der Waals surface area (Å²) in [5.41, 5.74) is 0.846. The molecule has 0 spiro atoms. The summed E-state index contributed by atoms with van der Waals surface area (Å²) in [5.74, 6) is -4.15. The first-order chi connectivity index (χ1) is 21.9. The first-order valence-electron chi connectivity index (χ1n) is 14.4. The van der Waals surface area contributed by atoms with Crippen molar-refractivity contribution in [1.82, 2.24) is 0 Å². The number of rotatable bonds is 0. The summed E-state index contributed by atoms with van der Waals surface area (Å²) in [4.78, 5) is 25.1. The third kappa shape index (κ3) is 8.99. The van der Waals surface area contributed by atoms with Gasteiger partial charge < -0.3 is 30.6 Å². The predicted molar refractivity (Wildman–Crippen MR) is 165 cm³/mol. The molecule has 234 valence electrons. The lowest BCUT2D eigenvalue weighted by Crippen LogP contribution is -2.07. The first-order valence-corrected chi connectivity index (χ1v) is 14.4. The van der Waals surface area contributed by atoms with Gasteiger partial charge in [-0.25, -0.2) is 0 Å². The van der Waals surface area contributed by atoms with E-state index in [1.54, 1.807) is 0 Å². The number of nitrogens with zero attached hydrogens (tertiary/aromatic N) is 6. The summed E-state index contributed by atoms with van der Waals surface area (Å²) >= 11 is 0. The zero-order chi connectivity index (χ0) is 32.0. The van der Waals surface area contributed by atoms with Crippen molar-refractivity contribution in [1.29, 1.82) is 0 Å². The number of hydrogen-bond acceptors (Lipinski definition) is 12. The molecule has 0 saturated heterocycles. The molecule has 4 aliphatic rings. The van der Waals surface area contributed by atoms with Crippen LogP contribution in [0, 0.1) is 0 Å². The summed E-state index contributed by atoms with van der Waals surface area (Å²) in [6.45, 7) is 1.72. The number of fused-ring (bicyclic) bond motifs is 2. The molecule has 12 heteroatoms. The van der Waals surface area contributed by atoms with Crippen LogP contribution in [0.25, 0.3) is 0 Å². The van der Waals surface area contributed by atoms with Gasteiger partial charge in [-0.05, 0) is 59.6 Å². The molecule has 0 amide bonds. The van der Waals surface area contributed by atoms with Gasteiger partial charge in [0.2, 0.25) is 0 Å². The summed E-state index contributed by atoms with van der Waals surface area (Å²) < 4.78 is 0. The van der Waals surface area contributed by atoms with Crippen LogP contribution in [0.1, 0.15) is 53.5 Å². The van der Waals surface area contributed by atoms with E-state index in [9.17, 15) is 30.6 Å². The molecule has 6 bridgehead atoms. The van der Waals surface area contributed by atoms with Crippen molar-refractivity contribution in [2.45, 2.75) is 25.7 Å². The zero-order valence-electron chi connectivity index (χ0n) is 24.4. The molecular formula is C33H30N6O6-6. The van der Waals surface area contributed by atoms with Crippen molar-refractivity contribution in [3.63, 3.8) is 0 Å². The second kappa shape index (κ2) is 16.4. The molecule has 45 heavy (non-hydrogen) atoms. The number of benzene rings is 3. The molecule has 0 aliphatic carbocycles. The van der Waals surface area contributed by atoms with Crippen molar-refractivity contribution in [2.75, 3.05) is 32.7 Å². The second-order valence-electron chi connectivity index (χ2n) is 9.97. The van der Waals surface area contributed by atoms with Gasteiger partial charge in [-0.15, -0.1) is 28.7 Å². The van der Waals surface area contributed by atoms with E-state index in [2.05, 4.69) is 30.0 Å². The van der Waals surface area contributed by atoms with Gasteiger partial charge >= 0.3 is 0 Å². The highest BCUT2D eigenvalue weighted by Crippen LogP contribution is 2.33. The average Bonchev–Trinajstić information content (AvgIpc) is 3.03. The van der Waals surface area contributed by atoms with Gasteiger partial charge in [0.1, 0.15) is 0 Å². The van der Waals surface area contributed by atoms with Crippen LogP contribution in [0.15, 0.2) is 66.4 Å². The normalized spacial score (nSPS) is 15.2. The largest absolute Gasteiger partial charge is 0.872 e. The molecule has 0 radical (unpaired) electrons. The molecule has 0 N–H and O–H groups in total. The van der Waals surface area contributed by atoms with Gasteiger partial charge in [0.05, 0.1) is 5.69 Å². The lowest BCUT2D eigenvalue weighted by Gasteiger charge is -2.23. The topological polar surface area (TPSA) is 213 Å². The van der Waals surface area contributed by atoms with Crippen LogP contribution >= 0.6 is 0 Å². The van der Waals surface area contributed by atoms with Crippen LogP contribution in [-0.2, 0) is 0 Å². The van der Waals surface area contributed by atoms with E-state index in [0.717, 1.165) is 0 Å². The van der Waals surface area contributed by atoms with E-state index in [-0.39, 0.29) is 33.5 Å². The van der Waals surface area contributed by atoms with Gasteiger partial charge in [0, 0.05) is 70.0 Å². The molecule has 7 rings (SSSR count). The van der Waals surface area contributed by atoms with E-state index in [4.69, 9.17) is 0 Å². The second-order valence-corrected chi connectivity index (χ2v) is 9.97. The van der Waals surface area contributed by atoms with Gasteiger partial charge in [0.15, 0.2) is 0 Å². The Kier molecular flexibility index (Phi) is 11.8. The van der Waals surface area contributed by atoms with Gasteiger partial charge in [-0.1, -0.05) is 36.1 Å². The molecule has 0 fully saturated rings. The fraction of sp³-hybridized carbons (Fsp3) is 0.273. The summed E-state index contributed by atoms with van der Waals surface area (Å²) in [6, 6.07) is 8.98. The quantitative estimate of drug-likeness (QED) is 0.362. The maximum Gasteiger partial charge on any atom is 0.0541 e. The Morgan fingerprint density at radius 3 is 1.07 bits per heavy atom. The summed E-state index contributed by atoms with van der Waals surface area (Å²) in [7, 11) is 0. The molecule has 12 nitrogen and oxygen atoms in total. The molecule has 3 aromatic carbocycles. The Labute approximate surface area is 260 Å². The summed E-state index contributed by atoms with van der Waals surface area (Å²) in [6.07, 6.45) is 10.4. The Morgan fingerprint density at radius 2 is 0.689 bits per heavy atom. The van der Waals surface area contributed by atoms with E-state index < -0.39 is 34.5 Å². The molecule has 0 atom stereocenters. The van der Waals surface area contributed by atoms with Gasteiger partial charge in [-0.3, -0.25) is 30.0 Å². The standard InChI is InChI=1S/C33H36N6O6/c40-28-22-5-6-23(29(28)41)18-35-12-3-13-36-19-24-7-8-25(31(43)30(24)42)20-37-14-4-15-38-21-26-9-10-27(33(45)32(26)44)39-16-2-1-11-34-17-22/h5-10,16-21,40-45H,1-4,11-15H2/p-6. The fourth-order valence-corrected chi connectivity index (χ4v) is 4.12. The van der Waals surface area contributed by atoms with Crippen molar-refractivity contribution in [3.8, 4) is 34.5 Å². The third-order valence-corrected chi connectivity index (χ3v) is 6.62. The van der Waals surface area contributed by atoms with E-state index >= 15 is 0 Å². The SMILES string of the molecule is [O-]c1c2ccc(c1[O-])C=NCCCN=Cc1ccc(c([O-])c1[O-])C=NCCCN=Cc1ccc(c([O-])c1[O-])N=CCCCN=C2. The maximum absolute atomic E-state index is 12.5.